The van der Waals surface area contributed by atoms with E-state index in [9.17, 15) is 13.2 Å². The number of nitrogens with zero attached hydrogens (tertiary/aromatic N) is 3. The summed E-state index contributed by atoms with van der Waals surface area (Å²) in [4.78, 5) is 16.9. The van der Waals surface area contributed by atoms with Crippen molar-refractivity contribution in [2.75, 3.05) is 58.9 Å². The van der Waals surface area contributed by atoms with Gasteiger partial charge in [0, 0.05) is 39.3 Å². The molecule has 0 unspecified atom stereocenters. The summed E-state index contributed by atoms with van der Waals surface area (Å²) < 4.78 is 27.9. The number of benzene rings is 1. The van der Waals surface area contributed by atoms with Crippen molar-refractivity contribution in [3.63, 3.8) is 0 Å². The molecule has 1 heterocycles. The van der Waals surface area contributed by atoms with Crippen LogP contribution in [0.1, 0.15) is 26.3 Å². The second-order valence-corrected chi connectivity index (χ2v) is 8.93. The molecule has 0 bridgehead atoms. The Bertz CT molecular complexity index is 711. The van der Waals surface area contributed by atoms with E-state index in [1.807, 2.05) is 19.1 Å². The first-order chi connectivity index (χ1) is 13.4. The van der Waals surface area contributed by atoms with Gasteiger partial charge in [0.2, 0.25) is 15.9 Å². The summed E-state index contributed by atoms with van der Waals surface area (Å²) in [6, 6.07) is 6.98. The highest BCUT2D eigenvalue weighted by molar-refractivity contribution is 7.89. The van der Waals surface area contributed by atoms with Gasteiger partial charge in [-0.1, -0.05) is 32.9 Å². The van der Waals surface area contributed by atoms with Crippen LogP contribution in [0.5, 0.6) is 0 Å². The molecule has 1 aromatic rings. The molecule has 0 spiro atoms. The lowest BCUT2D eigenvalue weighted by atomic mass is 10.2. The molecule has 1 aliphatic heterocycles. The molecule has 1 fully saturated rings. The summed E-state index contributed by atoms with van der Waals surface area (Å²) in [5.41, 5.74) is 1.09. The van der Waals surface area contributed by atoms with E-state index in [4.69, 9.17) is 0 Å². The van der Waals surface area contributed by atoms with Gasteiger partial charge in [-0.15, -0.1) is 0 Å². The third-order valence-electron chi connectivity index (χ3n) is 5.31. The summed E-state index contributed by atoms with van der Waals surface area (Å²) in [6.45, 7) is 11.4. The van der Waals surface area contributed by atoms with Crippen LogP contribution in [0, 0.1) is 0 Å². The minimum absolute atomic E-state index is 0.112. The molecule has 158 valence electrons. The van der Waals surface area contributed by atoms with Crippen LogP contribution in [0.2, 0.25) is 0 Å². The summed E-state index contributed by atoms with van der Waals surface area (Å²) in [6.07, 6.45) is 0.855. The predicted molar refractivity (Wildman–Crippen MR) is 112 cm³/mol. The molecule has 0 saturated carbocycles. The Kier molecular flexibility index (Phi) is 8.88. The van der Waals surface area contributed by atoms with Crippen molar-refractivity contribution in [1.82, 2.24) is 19.4 Å². The second kappa shape index (κ2) is 10.9. The quantitative estimate of drug-likeness (QED) is 0.623. The van der Waals surface area contributed by atoms with Gasteiger partial charge < -0.3 is 15.1 Å². The number of aryl methyl sites for hydroxylation is 1. The molecule has 0 radical (unpaired) electrons. The highest BCUT2D eigenvalue weighted by Gasteiger charge is 2.29. The normalized spacial score (nSPS) is 15.4. The Morgan fingerprint density at radius 2 is 1.64 bits per heavy atom. The van der Waals surface area contributed by atoms with Crippen molar-refractivity contribution in [2.45, 2.75) is 32.1 Å². The molecule has 0 aliphatic carbocycles. The first-order valence-corrected chi connectivity index (χ1v) is 11.7. The predicted octanol–water partition coefficient (Wildman–Crippen LogP) is 1.01. The molecule has 1 N–H and O–H groups in total. The topological polar surface area (TPSA) is 73.0 Å². The van der Waals surface area contributed by atoms with E-state index >= 15 is 0 Å². The zero-order valence-corrected chi connectivity index (χ0v) is 18.2. The number of hydrogen-bond acceptors (Lipinski definition) is 5. The average molecular weight is 411 g/mol. The van der Waals surface area contributed by atoms with Crippen LogP contribution in [0.25, 0.3) is 0 Å². The van der Waals surface area contributed by atoms with Gasteiger partial charge in [0.15, 0.2) is 0 Å². The zero-order chi connectivity index (χ0) is 20.6. The molecule has 1 aromatic carbocycles. The summed E-state index contributed by atoms with van der Waals surface area (Å²) in [5, 5.41) is 3.21. The van der Waals surface area contributed by atoms with E-state index in [0.29, 0.717) is 26.2 Å². The van der Waals surface area contributed by atoms with Crippen LogP contribution in [0.15, 0.2) is 29.2 Å². The van der Waals surface area contributed by atoms with Crippen molar-refractivity contribution < 1.29 is 13.2 Å². The van der Waals surface area contributed by atoms with Crippen LogP contribution < -0.4 is 5.32 Å². The maximum atomic E-state index is 13.3. The Balaban J connectivity index is 2.20. The number of piperazine rings is 1. The SMILES string of the molecule is CCc1ccc(S(=O)(=O)N(CCN(CC)CC)CC(=O)N2CCNCC2)cc1. The third-order valence-corrected chi connectivity index (χ3v) is 7.17. The minimum Gasteiger partial charge on any atom is -0.339 e. The molecular weight excluding hydrogens is 376 g/mol. The second-order valence-electron chi connectivity index (χ2n) is 6.99. The number of amides is 1. The highest BCUT2D eigenvalue weighted by atomic mass is 32.2. The van der Waals surface area contributed by atoms with Gasteiger partial charge in [-0.2, -0.15) is 4.31 Å². The summed E-state index contributed by atoms with van der Waals surface area (Å²) in [5.74, 6) is -0.130. The molecule has 7 nitrogen and oxygen atoms in total. The van der Waals surface area contributed by atoms with Gasteiger partial charge in [-0.05, 0) is 37.2 Å². The maximum absolute atomic E-state index is 13.3. The van der Waals surface area contributed by atoms with Crippen molar-refractivity contribution in [2.24, 2.45) is 0 Å². The van der Waals surface area contributed by atoms with Gasteiger partial charge in [-0.25, -0.2) is 8.42 Å². The molecule has 8 heteroatoms. The highest BCUT2D eigenvalue weighted by Crippen LogP contribution is 2.17. The molecular formula is C20H34N4O3S. The summed E-state index contributed by atoms with van der Waals surface area (Å²) >= 11 is 0. The molecule has 2 rings (SSSR count). The zero-order valence-electron chi connectivity index (χ0n) is 17.4. The number of nitrogens with one attached hydrogen (secondary N) is 1. The number of likely N-dealkylation sites (N-methyl/N-ethyl adjacent to an activating group) is 1. The van der Waals surface area contributed by atoms with Gasteiger partial charge in [0.25, 0.3) is 0 Å². The van der Waals surface area contributed by atoms with Crippen LogP contribution in [0.3, 0.4) is 0 Å². The third kappa shape index (κ3) is 6.01. The summed E-state index contributed by atoms with van der Waals surface area (Å²) in [7, 11) is -3.73. The molecule has 28 heavy (non-hydrogen) atoms. The van der Waals surface area contributed by atoms with E-state index in [1.54, 1.807) is 17.0 Å². The monoisotopic (exact) mass is 410 g/mol. The van der Waals surface area contributed by atoms with Crippen LogP contribution in [-0.4, -0.2) is 87.3 Å². The number of sulfonamides is 1. The van der Waals surface area contributed by atoms with Crippen molar-refractivity contribution in [3.8, 4) is 0 Å². The first-order valence-electron chi connectivity index (χ1n) is 10.2. The van der Waals surface area contributed by atoms with Gasteiger partial charge in [0.05, 0.1) is 11.4 Å². The molecule has 0 atom stereocenters. The maximum Gasteiger partial charge on any atom is 0.243 e. The standard InChI is InChI=1S/C20H34N4O3S/c1-4-18-7-9-19(10-8-18)28(26,27)24(16-15-22(5-2)6-3)17-20(25)23-13-11-21-12-14-23/h7-10,21H,4-6,11-17H2,1-3H3. The Morgan fingerprint density at radius 3 is 2.18 bits per heavy atom. The Hall–Kier alpha value is -1.48. The fourth-order valence-corrected chi connectivity index (χ4v) is 4.67. The lowest BCUT2D eigenvalue weighted by molar-refractivity contribution is -0.132. The Morgan fingerprint density at radius 1 is 1.04 bits per heavy atom. The lowest BCUT2D eigenvalue weighted by Gasteiger charge is -2.31. The molecule has 1 aliphatic rings. The van der Waals surface area contributed by atoms with Gasteiger partial charge in [-0.3, -0.25) is 4.79 Å². The molecule has 1 amide bonds. The number of carbonyl (C=O) groups excluding carboxylic acids is 1. The van der Waals surface area contributed by atoms with E-state index in [0.717, 1.165) is 38.2 Å². The molecule has 1 saturated heterocycles. The van der Waals surface area contributed by atoms with E-state index in [2.05, 4.69) is 24.1 Å². The Labute approximate surface area is 169 Å². The van der Waals surface area contributed by atoms with E-state index in [1.165, 1.54) is 4.31 Å². The number of rotatable bonds is 10. The fourth-order valence-electron chi connectivity index (χ4n) is 3.29. The van der Waals surface area contributed by atoms with Gasteiger partial charge >= 0.3 is 0 Å². The van der Waals surface area contributed by atoms with Gasteiger partial charge in [0.1, 0.15) is 0 Å². The van der Waals surface area contributed by atoms with Crippen LogP contribution in [0.4, 0.5) is 0 Å². The van der Waals surface area contributed by atoms with Crippen molar-refractivity contribution >= 4 is 15.9 Å². The van der Waals surface area contributed by atoms with E-state index < -0.39 is 10.0 Å². The van der Waals surface area contributed by atoms with Crippen molar-refractivity contribution in [1.29, 1.82) is 0 Å². The van der Waals surface area contributed by atoms with Crippen LogP contribution in [-0.2, 0) is 21.2 Å². The number of hydrogen-bond donors (Lipinski definition) is 1. The molecule has 0 aromatic heterocycles. The smallest absolute Gasteiger partial charge is 0.243 e. The average Bonchev–Trinajstić information content (AvgIpc) is 2.74. The fraction of sp³-hybridized carbons (Fsp3) is 0.650. The lowest BCUT2D eigenvalue weighted by Crippen LogP contribution is -2.51. The largest absolute Gasteiger partial charge is 0.339 e. The minimum atomic E-state index is -3.73. The van der Waals surface area contributed by atoms with Crippen molar-refractivity contribution in [3.05, 3.63) is 29.8 Å². The first kappa shape index (κ1) is 22.8. The van der Waals surface area contributed by atoms with E-state index in [-0.39, 0.29) is 17.3 Å². The number of carbonyl (C=O) groups is 1. The van der Waals surface area contributed by atoms with Crippen LogP contribution >= 0.6 is 0 Å².